The first kappa shape index (κ1) is 7.80. The highest BCUT2D eigenvalue weighted by Crippen LogP contribution is 2.31. The molecule has 0 nitrogen and oxygen atoms in total. The average Bonchev–Trinajstić information content (AvgIpc) is 1.31. The normalized spacial score (nSPS) is 16.7. The molecule has 0 aliphatic heterocycles. The Bertz CT molecular complexity index is 55.7. The van der Waals surface area contributed by atoms with Crippen molar-refractivity contribution >= 4 is 34.8 Å². The van der Waals surface area contributed by atoms with Crippen LogP contribution in [-0.4, -0.2) is 9.96 Å². The molecule has 0 N–H and O–H groups in total. The smallest absolute Gasteiger partial charge is 0.221 e. The van der Waals surface area contributed by atoms with Crippen molar-refractivity contribution in [1.29, 1.82) is 0 Å². The highest BCUT2D eigenvalue weighted by molar-refractivity contribution is 6.68. The molecule has 0 aliphatic carbocycles. The summed E-state index contributed by atoms with van der Waals surface area (Å²) in [7, 11) is 0. The average molecular weight is 164 g/mol. The summed E-state index contributed by atoms with van der Waals surface area (Å²) in [5, 5.41) is 0. The zero-order valence-corrected chi connectivity index (χ0v) is 5.56. The Labute approximate surface area is 56.5 Å². The second-order valence-corrected chi connectivity index (χ2v) is 3.38. The molecule has 0 amide bonds. The van der Waals surface area contributed by atoms with Crippen molar-refractivity contribution in [3.63, 3.8) is 0 Å². The third-order valence-corrected chi connectivity index (χ3v) is 1.07. The summed E-state index contributed by atoms with van der Waals surface area (Å²) in [5.41, 5.74) is 0. The van der Waals surface area contributed by atoms with Crippen LogP contribution >= 0.6 is 34.8 Å². The molecule has 0 aromatic rings. The van der Waals surface area contributed by atoms with Crippen LogP contribution in [0.15, 0.2) is 0 Å². The fraction of sp³-hybridized carbons (Fsp3) is 0.667. The number of hydrogen-bond donors (Lipinski definition) is 0. The zero-order valence-electron chi connectivity index (χ0n) is 3.30. The summed E-state index contributed by atoms with van der Waals surface area (Å²) in [6.45, 7) is 2.85. The molecule has 0 rings (SSSR count). The van der Waals surface area contributed by atoms with E-state index >= 15 is 0 Å². The monoisotopic (exact) mass is 163 g/mol. The van der Waals surface area contributed by atoms with E-state index in [9.17, 15) is 4.39 Å². The summed E-state index contributed by atoms with van der Waals surface area (Å²) in [6.07, 6.45) is -1.66. The van der Waals surface area contributed by atoms with Crippen molar-refractivity contribution in [2.24, 2.45) is 0 Å². The molecular weight excluding hydrogens is 161 g/mol. The molecule has 0 heterocycles. The van der Waals surface area contributed by atoms with Gasteiger partial charge in [-0.1, -0.05) is 34.8 Å². The topological polar surface area (TPSA) is 0 Å². The van der Waals surface area contributed by atoms with Crippen molar-refractivity contribution in [1.82, 2.24) is 0 Å². The van der Waals surface area contributed by atoms with E-state index in [2.05, 4.69) is 6.92 Å². The van der Waals surface area contributed by atoms with Crippen molar-refractivity contribution in [2.45, 2.75) is 9.96 Å². The molecule has 4 heteroatoms. The van der Waals surface area contributed by atoms with Crippen LogP contribution in [0.1, 0.15) is 0 Å². The van der Waals surface area contributed by atoms with E-state index in [1.165, 1.54) is 0 Å². The third kappa shape index (κ3) is 3.39. The Balaban J connectivity index is 3.54. The van der Waals surface area contributed by atoms with Crippen molar-refractivity contribution in [2.75, 3.05) is 0 Å². The van der Waals surface area contributed by atoms with Gasteiger partial charge in [0.15, 0.2) is 0 Å². The molecule has 43 valence electrons. The minimum absolute atomic E-state index is 1.66. The maximum atomic E-state index is 11.7. The second kappa shape index (κ2) is 2.38. The third-order valence-electron chi connectivity index (χ3n) is 0.355. The fourth-order valence-corrected chi connectivity index (χ4v) is 0. The van der Waals surface area contributed by atoms with Crippen LogP contribution in [0.3, 0.4) is 0 Å². The van der Waals surface area contributed by atoms with Gasteiger partial charge in [0.05, 0.1) is 0 Å². The molecule has 1 unspecified atom stereocenters. The van der Waals surface area contributed by atoms with Gasteiger partial charge in [0.2, 0.25) is 3.79 Å². The maximum Gasteiger partial charge on any atom is 0.221 e. The van der Waals surface area contributed by atoms with Crippen LogP contribution in [-0.2, 0) is 0 Å². The van der Waals surface area contributed by atoms with Gasteiger partial charge in [-0.15, -0.1) is 0 Å². The largest absolute Gasteiger partial charge is 0.243 e. The van der Waals surface area contributed by atoms with Gasteiger partial charge in [0, 0.05) is 0 Å². The maximum absolute atomic E-state index is 11.7. The number of hydrogen-bond acceptors (Lipinski definition) is 0. The van der Waals surface area contributed by atoms with Crippen LogP contribution in [0.5, 0.6) is 0 Å². The Morgan fingerprint density at radius 2 is 1.57 bits per heavy atom. The van der Waals surface area contributed by atoms with E-state index in [0.717, 1.165) is 0 Å². The molecule has 1 radical (unpaired) electrons. The molecule has 0 fully saturated rings. The van der Waals surface area contributed by atoms with E-state index in [0.29, 0.717) is 0 Å². The first-order valence-corrected chi connectivity index (χ1v) is 2.62. The van der Waals surface area contributed by atoms with Gasteiger partial charge in [0.1, 0.15) is 6.17 Å². The Kier molecular flexibility index (Phi) is 2.65. The Morgan fingerprint density at radius 3 is 1.57 bits per heavy atom. The Hall–Kier alpha value is 0.800. The molecule has 0 saturated carbocycles. The number of halogens is 4. The highest BCUT2D eigenvalue weighted by atomic mass is 35.6. The number of rotatable bonds is 0. The molecule has 0 aliphatic rings. The summed E-state index contributed by atoms with van der Waals surface area (Å²) in [6, 6.07) is 0. The number of alkyl halides is 4. The lowest BCUT2D eigenvalue weighted by atomic mass is 10.5. The van der Waals surface area contributed by atoms with Crippen LogP contribution in [0.4, 0.5) is 4.39 Å². The minimum Gasteiger partial charge on any atom is -0.243 e. The predicted octanol–water partition coefficient (Wildman–Crippen LogP) is 2.53. The summed E-state index contributed by atoms with van der Waals surface area (Å²) >= 11 is 14.9. The summed E-state index contributed by atoms with van der Waals surface area (Å²) < 4.78 is 9.84. The van der Waals surface area contributed by atoms with Gasteiger partial charge in [-0.05, 0) is 6.92 Å². The van der Waals surface area contributed by atoms with Gasteiger partial charge >= 0.3 is 0 Å². The molecule has 0 aromatic heterocycles. The first-order valence-electron chi connectivity index (χ1n) is 1.48. The van der Waals surface area contributed by atoms with E-state index in [1.807, 2.05) is 0 Å². The molecule has 0 saturated heterocycles. The van der Waals surface area contributed by atoms with Crippen molar-refractivity contribution in [3.05, 3.63) is 6.92 Å². The quantitative estimate of drug-likeness (QED) is 0.483. The first-order chi connectivity index (χ1) is 2.94. The summed E-state index contributed by atoms with van der Waals surface area (Å²) in [5.74, 6) is 0. The standard InChI is InChI=1S/C3H3Cl3F/c1-2(7)3(4,5)6/h2H,1H2. The van der Waals surface area contributed by atoms with E-state index < -0.39 is 9.96 Å². The lowest BCUT2D eigenvalue weighted by Crippen LogP contribution is -2.15. The summed E-state index contributed by atoms with van der Waals surface area (Å²) in [4.78, 5) is 0. The van der Waals surface area contributed by atoms with Crippen LogP contribution < -0.4 is 0 Å². The molecule has 0 bridgehead atoms. The zero-order chi connectivity index (χ0) is 6.08. The van der Waals surface area contributed by atoms with Crippen LogP contribution in [0, 0.1) is 6.92 Å². The molecule has 1 atom stereocenters. The van der Waals surface area contributed by atoms with E-state index in [-0.39, 0.29) is 0 Å². The van der Waals surface area contributed by atoms with Gasteiger partial charge in [-0.25, -0.2) is 4.39 Å². The Morgan fingerprint density at radius 1 is 1.43 bits per heavy atom. The van der Waals surface area contributed by atoms with Crippen molar-refractivity contribution < 1.29 is 4.39 Å². The molecular formula is C3H3Cl3F. The molecule has 0 spiro atoms. The highest BCUT2D eigenvalue weighted by Gasteiger charge is 2.27. The van der Waals surface area contributed by atoms with Gasteiger partial charge in [-0.3, -0.25) is 0 Å². The molecule has 0 aromatic carbocycles. The van der Waals surface area contributed by atoms with Gasteiger partial charge in [-0.2, -0.15) is 0 Å². The second-order valence-electron chi connectivity index (χ2n) is 1.01. The van der Waals surface area contributed by atoms with Crippen LogP contribution in [0.25, 0.3) is 0 Å². The van der Waals surface area contributed by atoms with Gasteiger partial charge in [0.25, 0.3) is 0 Å². The minimum atomic E-state index is -1.86. The lowest BCUT2D eigenvalue weighted by Gasteiger charge is -2.09. The van der Waals surface area contributed by atoms with E-state index in [1.54, 1.807) is 0 Å². The van der Waals surface area contributed by atoms with E-state index in [4.69, 9.17) is 34.8 Å². The van der Waals surface area contributed by atoms with Crippen molar-refractivity contribution in [3.8, 4) is 0 Å². The van der Waals surface area contributed by atoms with Gasteiger partial charge < -0.3 is 0 Å². The fourth-order valence-electron chi connectivity index (χ4n) is 0. The molecule has 7 heavy (non-hydrogen) atoms. The van der Waals surface area contributed by atoms with Crippen LogP contribution in [0.2, 0.25) is 0 Å². The SMILES string of the molecule is [CH2]C(F)C(Cl)(Cl)Cl. The lowest BCUT2D eigenvalue weighted by molar-refractivity contribution is 0.402. The predicted molar refractivity (Wildman–Crippen MR) is 30.5 cm³/mol.